The Labute approximate surface area is 176 Å². The molecular weight excluding hydrogens is 412 g/mol. The molecule has 1 fully saturated rings. The van der Waals surface area contributed by atoms with Gasteiger partial charge in [0, 0.05) is 52.0 Å². The lowest BCUT2D eigenvalue weighted by molar-refractivity contribution is -0.122. The van der Waals surface area contributed by atoms with E-state index in [1.54, 1.807) is 18.0 Å². The summed E-state index contributed by atoms with van der Waals surface area (Å²) < 4.78 is 32.7. The number of carboxylic acid groups (broad SMARTS) is 1. The van der Waals surface area contributed by atoms with Gasteiger partial charge in [-0.25, -0.2) is 17.4 Å². The van der Waals surface area contributed by atoms with Gasteiger partial charge in [-0.05, 0) is 29.8 Å². The van der Waals surface area contributed by atoms with Gasteiger partial charge >= 0.3 is 0 Å². The average Bonchev–Trinajstić information content (AvgIpc) is 3.32. The van der Waals surface area contributed by atoms with Crippen LogP contribution in [0.4, 0.5) is 0 Å². The van der Waals surface area contributed by atoms with E-state index in [0.29, 0.717) is 19.6 Å². The third-order valence-corrected chi connectivity index (χ3v) is 6.86. The number of sulfonamides is 1. The van der Waals surface area contributed by atoms with Gasteiger partial charge in [-0.15, -0.1) is 0 Å². The Balaban J connectivity index is 0.00000101. The van der Waals surface area contributed by atoms with Crippen LogP contribution in [0.3, 0.4) is 0 Å². The van der Waals surface area contributed by atoms with E-state index in [9.17, 15) is 13.5 Å². The first-order chi connectivity index (χ1) is 14.2. The van der Waals surface area contributed by atoms with Crippen molar-refractivity contribution in [1.29, 1.82) is 0 Å². The molecule has 10 nitrogen and oxygen atoms in total. The van der Waals surface area contributed by atoms with Crippen molar-refractivity contribution in [1.82, 2.24) is 19.0 Å². The Morgan fingerprint density at radius 3 is 2.60 bits per heavy atom. The molecule has 0 radical (unpaired) electrons. The Morgan fingerprint density at radius 1 is 1.33 bits per heavy atom. The van der Waals surface area contributed by atoms with Crippen LogP contribution in [0, 0.1) is 5.92 Å². The fourth-order valence-electron chi connectivity index (χ4n) is 3.35. The number of benzene rings is 1. The highest BCUT2D eigenvalue weighted by molar-refractivity contribution is 7.89. The van der Waals surface area contributed by atoms with Gasteiger partial charge in [-0.3, -0.25) is 9.69 Å². The van der Waals surface area contributed by atoms with Gasteiger partial charge in [0.05, 0.1) is 24.7 Å². The van der Waals surface area contributed by atoms with Crippen molar-refractivity contribution >= 4 is 16.5 Å². The average molecular weight is 441 g/mol. The van der Waals surface area contributed by atoms with Gasteiger partial charge in [0.2, 0.25) is 10.0 Å². The summed E-state index contributed by atoms with van der Waals surface area (Å²) >= 11 is 0. The topological polar surface area (TPSA) is 125 Å². The van der Waals surface area contributed by atoms with Crippen LogP contribution < -0.4 is 4.74 Å². The second kappa shape index (κ2) is 10.5. The molecule has 166 valence electrons. The first-order valence-electron chi connectivity index (χ1n) is 9.27. The number of aliphatic hydroxyl groups excluding tert-OH is 1. The van der Waals surface area contributed by atoms with E-state index in [1.807, 2.05) is 30.5 Å². The molecule has 30 heavy (non-hydrogen) atoms. The van der Waals surface area contributed by atoms with Crippen molar-refractivity contribution in [3.8, 4) is 11.4 Å². The Kier molecular flexibility index (Phi) is 8.35. The van der Waals surface area contributed by atoms with Crippen LogP contribution in [0.15, 0.2) is 36.7 Å². The van der Waals surface area contributed by atoms with Gasteiger partial charge in [0.1, 0.15) is 5.75 Å². The highest BCUT2D eigenvalue weighted by atomic mass is 32.2. The maximum absolute atomic E-state index is 12.2. The molecule has 2 aromatic rings. The molecule has 1 aliphatic heterocycles. The number of aromatic nitrogens is 2. The molecule has 2 atom stereocenters. The SMILES string of the molecule is COc1ccc(-n2cccn2)c(CN2C[C@@H](CS(=O)(=O)N(C)C)[C@H](O)C2)c1.O=CO. The summed E-state index contributed by atoms with van der Waals surface area (Å²) in [4.78, 5) is 10.4. The van der Waals surface area contributed by atoms with Gasteiger partial charge in [0.15, 0.2) is 0 Å². The van der Waals surface area contributed by atoms with Crippen molar-refractivity contribution in [3.63, 3.8) is 0 Å². The van der Waals surface area contributed by atoms with E-state index in [4.69, 9.17) is 14.6 Å². The highest BCUT2D eigenvalue weighted by Crippen LogP contribution is 2.26. The molecule has 3 rings (SSSR count). The number of ether oxygens (including phenoxy) is 1. The number of hydrogen-bond acceptors (Lipinski definition) is 7. The van der Waals surface area contributed by atoms with Crippen LogP contribution in [0.1, 0.15) is 5.56 Å². The first-order valence-corrected chi connectivity index (χ1v) is 10.9. The van der Waals surface area contributed by atoms with Crippen LogP contribution in [-0.2, 0) is 21.4 Å². The molecule has 1 aliphatic rings. The van der Waals surface area contributed by atoms with Crippen molar-refractivity contribution in [3.05, 3.63) is 42.2 Å². The van der Waals surface area contributed by atoms with Gasteiger partial charge in [-0.2, -0.15) is 5.10 Å². The number of likely N-dealkylation sites (tertiary alicyclic amines) is 1. The van der Waals surface area contributed by atoms with Crippen LogP contribution in [0.5, 0.6) is 5.75 Å². The molecular formula is C19H28N4O6S. The van der Waals surface area contributed by atoms with Crippen molar-refractivity contribution in [2.75, 3.05) is 40.0 Å². The number of nitrogens with zero attached hydrogens (tertiary/aromatic N) is 4. The van der Waals surface area contributed by atoms with E-state index in [1.165, 1.54) is 18.4 Å². The van der Waals surface area contributed by atoms with Gasteiger partial charge < -0.3 is 14.9 Å². The van der Waals surface area contributed by atoms with Crippen LogP contribution in [-0.4, -0.2) is 90.2 Å². The summed E-state index contributed by atoms with van der Waals surface area (Å²) in [6.07, 6.45) is 2.92. The number of methoxy groups -OCH3 is 1. The molecule has 1 aromatic heterocycles. The summed E-state index contributed by atoms with van der Waals surface area (Å²) in [7, 11) is 1.30. The smallest absolute Gasteiger partial charge is 0.290 e. The summed E-state index contributed by atoms with van der Waals surface area (Å²) in [5.41, 5.74) is 1.93. The van der Waals surface area contributed by atoms with Crippen LogP contribution >= 0.6 is 0 Å². The molecule has 11 heteroatoms. The zero-order chi connectivity index (χ0) is 22.3. The molecule has 1 aromatic carbocycles. The lowest BCUT2D eigenvalue weighted by atomic mass is 10.1. The molecule has 2 heterocycles. The van der Waals surface area contributed by atoms with E-state index in [2.05, 4.69) is 10.00 Å². The molecule has 0 unspecified atom stereocenters. The maximum Gasteiger partial charge on any atom is 0.290 e. The Hall–Kier alpha value is -2.47. The largest absolute Gasteiger partial charge is 0.497 e. The summed E-state index contributed by atoms with van der Waals surface area (Å²) in [6, 6.07) is 7.64. The lowest BCUT2D eigenvalue weighted by Gasteiger charge is -2.19. The number of rotatable bonds is 7. The molecule has 0 aliphatic carbocycles. The Bertz CT molecular complexity index is 917. The van der Waals surface area contributed by atoms with Crippen molar-refractivity contribution in [2.24, 2.45) is 5.92 Å². The van der Waals surface area contributed by atoms with Gasteiger partial charge in [-0.1, -0.05) is 0 Å². The number of aliphatic hydroxyl groups is 1. The monoisotopic (exact) mass is 440 g/mol. The van der Waals surface area contributed by atoms with Crippen LogP contribution in [0.25, 0.3) is 5.69 Å². The second-order valence-electron chi connectivity index (χ2n) is 7.13. The highest BCUT2D eigenvalue weighted by Gasteiger charge is 2.35. The van der Waals surface area contributed by atoms with Crippen LogP contribution in [0.2, 0.25) is 0 Å². The molecule has 1 saturated heterocycles. The Morgan fingerprint density at radius 2 is 2.03 bits per heavy atom. The molecule has 0 saturated carbocycles. The predicted molar refractivity (Wildman–Crippen MR) is 111 cm³/mol. The standard InChI is InChI=1S/C18H26N4O4S.CH2O2/c1-20(2)27(24,25)13-15-11-21(12-18(15)23)10-14-9-16(26-3)5-6-17(14)22-8-4-7-19-22;2-1-3/h4-9,15,18,23H,10-13H2,1-3H3;1H,(H,2,3)/t15-,18+;/m0./s1. The summed E-state index contributed by atoms with van der Waals surface area (Å²) in [5, 5.41) is 21.6. The maximum atomic E-state index is 12.2. The molecule has 0 spiro atoms. The fourth-order valence-corrected chi connectivity index (χ4v) is 4.51. The number of β-amino-alcohol motifs (C(OH)–C–C–N with tert-alkyl or cyclic N) is 1. The number of hydrogen-bond donors (Lipinski definition) is 2. The first kappa shape index (κ1) is 23.8. The quantitative estimate of drug-likeness (QED) is 0.588. The molecule has 0 bridgehead atoms. The molecule has 2 N–H and O–H groups in total. The third-order valence-electron chi connectivity index (χ3n) is 4.89. The summed E-state index contributed by atoms with van der Waals surface area (Å²) in [6.45, 7) is 1.27. The third kappa shape index (κ3) is 6.02. The number of carbonyl (C=O) groups is 1. The summed E-state index contributed by atoms with van der Waals surface area (Å²) in [5.74, 6) is 0.380. The zero-order valence-corrected chi connectivity index (χ0v) is 18.1. The lowest BCUT2D eigenvalue weighted by Crippen LogP contribution is -2.33. The van der Waals surface area contributed by atoms with E-state index >= 15 is 0 Å². The van der Waals surface area contributed by atoms with E-state index in [0.717, 1.165) is 17.0 Å². The normalized spacial score (nSPS) is 19.4. The van der Waals surface area contributed by atoms with E-state index < -0.39 is 16.1 Å². The minimum atomic E-state index is -3.35. The van der Waals surface area contributed by atoms with Gasteiger partial charge in [0.25, 0.3) is 6.47 Å². The molecule has 0 amide bonds. The minimum Gasteiger partial charge on any atom is -0.497 e. The predicted octanol–water partition coefficient (Wildman–Crippen LogP) is 0.266. The zero-order valence-electron chi connectivity index (χ0n) is 17.2. The van der Waals surface area contributed by atoms with Crippen molar-refractivity contribution < 1.29 is 28.2 Å². The van der Waals surface area contributed by atoms with Crippen molar-refractivity contribution in [2.45, 2.75) is 12.6 Å². The van der Waals surface area contributed by atoms with E-state index in [-0.39, 0.29) is 18.1 Å². The second-order valence-corrected chi connectivity index (χ2v) is 9.36. The minimum absolute atomic E-state index is 0.0538. The fraction of sp³-hybridized carbons (Fsp3) is 0.474.